The molecule has 0 aromatic carbocycles. The SMILES string of the molecule is Cc1nc2c(cc1C(=O)N1CCC(C(=O)O)CC1)c(C)nn2C. The molecule has 23 heavy (non-hydrogen) atoms. The van der Waals surface area contributed by atoms with Gasteiger partial charge in [-0.05, 0) is 32.8 Å². The van der Waals surface area contributed by atoms with Crippen LogP contribution < -0.4 is 0 Å². The van der Waals surface area contributed by atoms with Gasteiger partial charge >= 0.3 is 5.97 Å². The molecule has 7 nitrogen and oxygen atoms in total. The Balaban J connectivity index is 1.88. The second-order valence-electron chi connectivity index (χ2n) is 6.11. The number of carbonyl (C=O) groups is 2. The van der Waals surface area contributed by atoms with Crippen molar-refractivity contribution in [2.75, 3.05) is 13.1 Å². The third-order valence-corrected chi connectivity index (χ3v) is 4.55. The van der Waals surface area contributed by atoms with Crippen LogP contribution >= 0.6 is 0 Å². The van der Waals surface area contributed by atoms with E-state index in [1.54, 1.807) is 9.58 Å². The van der Waals surface area contributed by atoms with E-state index < -0.39 is 5.97 Å². The summed E-state index contributed by atoms with van der Waals surface area (Å²) >= 11 is 0. The van der Waals surface area contributed by atoms with Gasteiger partial charge in [0.2, 0.25) is 0 Å². The number of hydrogen-bond acceptors (Lipinski definition) is 4. The summed E-state index contributed by atoms with van der Waals surface area (Å²) < 4.78 is 1.71. The molecule has 0 unspecified atom stereocenters. The van der Waals surface area contributed by atoms with Crippen molar-refractivity contribution in [3.63, 3.8) is 0 Å². The van der Waals surface area contributed by atoms with Gasteiger partial charge in [-0.2, -0.15) is 5.10 Å². The van der Waals surface area contributed by atoms with Crippen LogP contribution in [-0.4, -0.2) is 49.7 Å². The molecule has 1 aliphatic rings. The average Bonchev–Trinajstić information content (AvgIpc) is 2.80. The Kier molecular flexibility index (Phi) is 3.79. The van der Waals surface area contributed by atoms with Crippen molar-refractivity contribution in [2.24, 2.45) is 13.0 Å². The Morgan fingerprint density at radius 3 is 2.48 bits per heavy atom. The monoisotopic (exact) mass is 316 g/mol. The van der Waals surface area contributed by atoms with Crippen LogP contribution in [0.5, 0.6) is 0 Å². The Morgan fingerprint density at radius 1 is 1.22 bits per heavy atom. The molecule has 1 amide bonds. The fraction of sp³-hybridized carbons (Fsp3) is 0.500. The molecule has 3 heterocycles. The summed E-state index contributed by atoms with van der Waals surface area (Å²) in [6.45, 7) is 4.66. The van der Waals surface area contributed by atoms with Crippen molar-refractivity contribution in [1.29, 1.82) is 0 Å². The summed E-state index contributed by atoms with van der Waals surface area (Å²) in [5.74, 6) is -1.20. The molecule has 1 aliphatic heterocycles. The highest BCUT2D eigenvalue weighted by atomic mass is 16.4. The summed E-state index contributed by atoms with van der Waals surface area (Å²) in [6, 6.07) is 1.85. The zero-order chi connectivity index (χ0) is 16.7. The topological polar surface area (TPSA) is 88.3 Å². The van der Waals surface area contributed by atoms with Gasteiger partial charge < -0.3 is 10.0 Å². The molecule has 0 saturated carbocycles. The summed E-state index contributed by atoms with van der Waals surface area (Å²) in [4.78, 5) is 30.0. The number of carbonyl (C=O) groups excluding carboxylic acids is 1. The number of aryl methyl sites for hydroxylation is 3. The molecule has 1 saturated heterocycles. The molecule has 0 bridgehead atoms. The van der Waals surface area contributed by atoms with Crippen LogP contribution in [0.4, 0.5) is 0 Å². The van der Waals surface area contributed by atoms with Crippen LogP contribution in [0.25, 0.3) is 11.0 Å². The molecular weight excluding hydrogens is 296 g/mol. The number of aliphatic carboxylic acids is 1. The minimum absolute atomic E-state index is 0.0796. The lowest BCUT2D eigenvalue weighted by molar-refractivity contribution is -0.143. The molecule has 7 heteroatoms. The standard InChI is InChI=1S/C16H20N4O3/c1-9-13(8-12-10(2)18-19(3)14(12)17-9)15(21)20-6-4-11(5-7-20)16(22)23/h8,11H,4-7H2,1-3H3,(H,22,23). The fourth-order valence-corrected chi connectivity index (χ4v) is 3.15. The largest absolute Gasteiger partial charge is 0.481 e. The summed E-state index contributed by atoms with van der Waals surface area (Å²) in [5, 5.41) is 14.3. The second-order valence-corrected chi connectivity index (χ2v) is 6.11. The van der Waals surface area contributed by atoms with Crippen molar-refractivity contribution in [1.82, 2.24) is 19.7 Å². The highest BCUT2D eigenvalue weighted by Crippen LogP contribution is 2.23. The van der Waals surface area contributed by atoms with Gasteiger partial charge in [-0.3, -0.25) is 14.3 Å². The predicted molar refractivity (Wildman–Crippen MR) is 84.2 cm³/mol. The van der Waals surface area contributed by atoms with Gasteiger partial charge in [0.1, 0.15) is 0 Å². The maximum absolute atomic E-state index is 12.8. The van der Waals surface area contributed by atoms with E-state index in [-0.39, 0.29) is 11.8 Å². The first kappa shape index (κ1) is 15.5. The lowest BCUT2D eigenvalue weighted by Gasteiger charge is -2.30. The minimum Gasteiger partial charge on any atom is -0.481 e. The second kappa shape index (κ2) is 5.64. The third kappa shape index (κ3) is 2.67. The number of nitrogens with zero attached hydrogens (tertiary/aromatic N) is 4. The van der Waals surface area contributed by atoms with Crippen molar-refractivity contribution < 1.29 is 14.7 Å². The number of amides is 1. The lowest BCUT2D eigenvalue weighted by Crippen LogP contribution is -2.40. The maximum Gasteiger partial charge on any atom is 0.306 e. The van der Waals surface area contributed by atoms with E-state index in [1.165, 1.54) is 0 Å². The van der Waals surface area contributed by atoms with Gasteiger partial charge in [-0.1, -0.05) is 0 Å². The van der Waals surface area contributed by atoms with Crippen molar-refractivity contribution in [2.45, 2.75) is 26.7 Å². The van der Waals surface area contributed by atoms with E-state index in [4.69, 9.17) is 5.11 Å². The average molecular weight is 316 g/mol. The molecule has 1 N–H and O–H groups in total. The highest BCUT2D eigenvalue weighted by Gasteiger charge is 2.28. The zero-order valence-electron chi connectivity index (χ0n) is 13.5. The molecule has 122 valence electrons. The number of piperidine rings is 1. The zero-order valence-corrected chi connectivity index (χ0v) is 13.5. The van der Waals surface area contributed by atoms with Gasteiger partial charge in [-0.15, -0.1) is 0 Å². The number of likely N-dealkylation sites (tertiary alicyclic amines) is 1. The minimum atomic E-state index is -0.776. The van der Waals surface area contributed by atoms with E-state index in [0.29, 0.717) is 37.2 Å². The smallest absolute Gasteiger partial charge is 0.306 e. The number of hydrogen-bond donors (Lipinski definition) is 1. The molecular formula is C16H20N4O3. The van der Waals surface area contributed by atoms with E-state index in [2.05, 4.69) is 10.1 Å². The Hall–Kier alpha value is -2.44. The number of carboxylic acids is 1. The third-order valence-electron chi connectivity index (χ3n) is 4.55. The van der Waals surface area contributed by atoms with E-state index in [0.717, 1.165) is 16.7 Å². The number of carboxylic acid groups (broad SMARTS) is 1. The molecule has 1 fully saturated rings. The van der Waals surface area contributed by atoms with Crippen LogP contribution in [0, 0.1) is 19.8 Å². The molecule has 0 radical (unpaired) electrons. The van der Waals surface area contributed by atoms with E-state index >= 15 is 0 Å². The van der Waals surface area contributed by atoms with Crippen LogP contribution in [0.1, 0.15) is 34.6 Å². The Morgan fingerprint density at radius 2 is 1.87 bits per heavy atom. The van der Waals surface area contributed by atoms with Crippen molar-refractivity contribution in [3.05, 3.63) is 23.0 Å². The Labute approximate surface area is 133 Å². The molecule has 0 spiro atoms. The Bertz CT molecular complexity index is 788. The van der Waals surface area contributed by atoms with Crippen LogP contribution in [0.3, 0.4) is 0 Å². The molecule has 0 aliphatic carbocycles. The molecule has 0 atom stereocenters. The number of aromatic nitrogens is 3. The molecule has 2 aromatic rings. The quantitative estimate of drug-likeness (QED) is 0.907. The first-order chi connectivity index (χ1) is 10.9. The number of pyridine rings is 1. The van der Waals surface area contributed by atoms with Gasteiger partial charge in [0.15, 0.2) is 5.65 Å². The number of rotatable bonds is 2. The van der Waals surface area contributed by atoms with E-state index in [1.807, 2.05) is 27.0 Å². The summed E-state index contributed by atoms with van der Waals surface area (Å²) in [7, 11) is 1.83. The molecule has 3 rings (SSSR count). The normalized spacial score (nSPS) is 16.0. The van der Waals surface area contributed by atoms with Crippen LogP contribution in [0.2, 0.25) is 0 Å². The fourth-order valence-electron chi connectivity index (χ4n) is 3.15. The lowest BCUT2D eigenvalue weighted by atomic mass is 9.96. The van der Waals surface area contributed by atoms with Gasteiger partial charge in [0.25, 0.3) is 5.91 Å². The first-order valence-corrected chi connectivity index (χ1v) is 7.71. The summed E-state index contributed by atoms with van der Waals surface area (Å²) in [6.07, 6.45) is 1.00. The first-order valence-electron chi connectivity index (χ1n) is 7.71. The van der Waals surface area contributed by atoms with E-state index in [9.17, 15) is 9.59 Å². The van der Waals surface area contributed by atoms with Crippen molar-refractivity contribution >= 4 is 22.9 Å². The number of fused-ring (bicyclic) bond motifs is 1. The van der Waals surface area contributed by atoms with Crippen LogP contribution in [-0.2, 0) is 11.8 Å². The summed E-state index contributed by atoms with van der Waals surface area (Å²) in [5.41, 5.74) is 2.85. The highest BCUT2D eigenvalue weighted by molar-refractivity contribution is 5.98. The predicted octanol–water partition coefficient (Wildman–Crippen LogP) is 1.52. The van der Waals surface area contributed by atoms with Gasteiger partial charge in [0.05, 0.1) is 22.9 Å². The van der Waals surface area contributed by atoms with Gasteiger partial charge in [-0.25, -0.2) is 4.98 Å². The van der Waals surface area contributed by atoms with Crippen molar-refractivity contribution in [3.8, 4) is 0 Å². The molecule has 2 aromatic heterocycles. The van der Waals surface area contributed by atoms with Gasteiger partial charge in [0, 0.05) is 25.5 Å². The maximum atomic E-state index is 12.8. The van der Waals surface area contributed by atoms with Crippen LogP contribution in [0.15, 0.2) is 6.07 Å².